The van der Waals surface area contributed by atoms with Crippen LogP contribution in [0.15, 0.2) is 41.0 Å². The minimum absolute atomic E-state index is 0.0526. The van der Waals surface area contributed by atoms with Crippen LogP contribution in [-0.2, 0) is 0 Å². The molecule has 0 atom stereocenters. The molecule has 148 valence electrons. The summed E-state index contributed by atoms with van der Waals surface area (Å²) >= 11 is 1.83. The van der Waals surface area contributed by atoms with E-state index in [2.05, 4.69) is 11.4 Å². The first-order chi connectivity index (χ1) is 13.5. The highest BCUT2D eigenvalue weighted by atomic mass is 32.2. The van der Waals surface area contributed by atoms with Crippen LogP contribution in [0.5, 0.6) is 0 Å². The largest absolute Gasteiger partial charge is 0.459 e. The van der Waals surface area contributed by atoms with Gasteiger partial charge in [0.15, 0.2) is 5.76 Å². The Bertz CT molecular complexity index is 873. The number of hydrogen-bond donors (Lipinski definition) is 1. The number of carbonyl (C=O) groups is 2. The lowest BCUT2D eigenvalue weighted by Gasteiger charge is -2.43. The van der Waals surface area contributed by atoms with Gasteiger partial charge in [-0.1, -0.05) is 17.7 Å². The number of piperidine rings is 1. The van der Waals surface area contributed by atoms with Crippen LogP contribution in [0, 0.1) is 13.8 Å². The molecule has 1 N–H and O–H groups in total. The van der Waals surface area contributed by atoms with Crippen molar-refractivity contribution in [3.8, 4) is 0 Å². The maximum atomic E-state index is 12.8. The fourth-order valence-electron chi connectivity index (χ4n) is 4.05. The zero-order chi connectivity index (χ0) is 19.7. The molecule has 0 bridgehead atoms. The number of amides is 3. The molecule has 4 rings (SSSR count). The van der Waals surface area contributed by atoms with Crippen molar-refractivity contribution in [3.63, 3.8) is 0 Å². The summed E-state index contributed by atoms with van der Waals surface area (Å²) in [6.07, 6.45) is 3.07. The van der Waals surface area contributed by atoms with Crippen LogP contribution in [0.4, 0.5) is 10.5 Å². The van der Waals surface area contributed by atoms with E-state index in [1.54, 1.807) is 12.1 Å². The Labute approximate surface area is 169 Å². The molecule has 0 radical (unpaired) electrons. The third-order valence-electron chi connectivity index (χ3n) is 5.61. The van der Waals surface area contributed by atoms with Crippen LogP contribution >= 0.6 is 11.8 Å². The highest BCUT2D eigenvalue weighted by molar-refractivity contribution is 8.00. The van der Waals surface area contributed by atoms with E-state index in [0.29, 0.717) is 18.8 Å². The lowest BCUT2D eigenvalue weighted by molar-refractivity contribution is 0.0554. The van der Waals surface area contributed by atoms with Crippen LogP contribution in [0.3, 0.4) is 0 Å². The standard InChI is InChI=1S/C21H25N3O3S/c1-15-5-6-17(16(2)14-15)22-20(26)23-9-7-21(8-10-23)24(11-13-28-21)19(25)18-4-3-12-27-18/h3-6,12,14H,7-11,13H2,1-2H3,(H,22,26). The summed E-state index contributed by atoms with van der Waals surface area (Å²) in [4.78, 5) is 29.1. The quantitative estimate of drug-likeness (QED) is 0.825. The first-order valence-corrected chi connectivity index (χ1v) is 10.6. The molecule has 0 unspecified atom stereocenters. The molecule has 3 amide bonds. The Kier molecular flexibility index (Phi) is 5.10. The number of anilines is 1. The number of hydrogen-bond acceptors (Lipinski definition) is 4. The van der Waals surface area contributed by atoms with Gasteiger partial charge in [0.25, 0.3) is 5.91 Å². The lowest BCUT2D eigenvalue weighted by Crippen LogP contribution is -2.54. The van der Waals surface area contributed by atoms with Gasteiger partial charge >= 0.3 is 6.03 Å². The minimum atomic E-state index is -0.236. The van der Waals surface area contributed by atoms with Crippen molar-refractivity contribution >= 4 is 29.4 Å². The minimum Gasteiger partial charge on any atom is -0.459 e. The third kappa shape index (κ3) is 3.51. The summed E-state index contributed by atoms with van der Waals surface area (Å²) < 4.78 is 5.31. The average Bonchev–Trinajstić information content (AvgIpc) is 3.35. The summed E-state index contributed by atoms with van der Waals surface area (Å²) in [5, 5.41) is 3.03. The number of furan rings is 1. The predicted octanol–water partition coefficient (Wildman–Crippen LogP) is 4.11. The number of nitrogens with zero attached hydrogens (tertiary/aromatic N) is 2. The SMILES string of the molecule is Cc1ccc(NC(=O)N2CCC3(CC2)SCCN3C(=O)c2ccco2)c(C)c1. The van der Waals surface area contributed by atoms with Gasteiger partial charge in [-0.3, -0.25) is 4.79 Å². The van der Waals surface area contributed by atoms with Crippen molar-refractivity contribution in [2.45, 2.75) is 31.6 Å². The molecule has 2 fully saturated rings. The number of aryl methyl sites for hydroxylation is 2. The Balaban J connectivity index is 1.40. The average molecular weight is 400 g/mol. The van der Waals surface area contributed by atoms with Crippen molar-refractivity contribution in [1.29, 1.82) is 0 Å². The van der Waals surface area contributed by atoms with Gasteiger partial charge in [0, 0.05) is 31.1 Å². The molecule has 3 heterocycles. The number of nitrogens with one attached hydrogen (secondary N) is 1. The second-order valence-corrected chi connectivity index (χ2v) is 8.92. The summed E-state index contributed by atoms with van der Waals surface area (Å²) in [5.41, 5.74) is 3.08. The fourth-order valence-corrected chi connectivity index (χ4v) is 5.51. The molecule has 6 nitrogen and oxygen atoms in total. The first-order valence-electron chi connectivity index (χ1n) is 9.61. The van der Waals surface area contributed by atoms with E-state index >= 15 is 0 Å². The van der Waals surface area contributed by atoms with Crippen molar-refractivity contribution in [2.24, 2.45) is 0 Å². The maximum Gasteiger partial charge on any atom is 0.321 e. The summed E-state index contributed by atoms with van der Waals surface area (Å²) in [6, 6.07) is 9.39. The van der Waals surface area contributed by atoms with E-state index in [-0.39, 0.29) is 16.8 Å². The van der Waals surface area contributed by atoms with Gasteiger partial charge in [0.05, 0.1) is 11.1 Å². The predicted molar refractivity (Wildman–Crippen MR) is 111 cm³/mol. The van der Waals surface area contributed by atoms with Crippen molar-refractivity contribution < 1.29 is 14.0 Å². The first kappa shape index (κ1) is 18.9. The molecule has 28 heavy (non-hydrogen) atoms. The van der Waals surface area contributed by atoms with Gasteiger partial charge in [0.1, 0.15) is 0 Å². The van der Waals surface area contributed by atoms with Crippen LogP contribution in [0.25, 0.3) is 0 Å². The van der Waals surface area contributed by atoms with Gasteiger partial charge in [-0.2, -0.15) is 0 Å². The highest BCUT2D eigenvalue weighted by Crippen LogP contribution is 2.44. The number of thioether (sulfide) groups is 1. The van der Waals surface area contributed by atoms with Crippen LogP contribution in [-0.4, -0.2) is 52.0 Å². The molecule has 1 spiro atoms. The molecule has 0 saturated carbocycles. The number of likely N-dealkylation sites (tertiary alicyclic amines) is 1. The number of benzene rings is 1. The van der Waals surface area contributed by atoms with Crippen LogP contribution < -0.4 is 5.32 Å². The summed E-state index contributed by atoms with van der Waals surface area (Å²) in [7, 11) is 0. The summed E-state index contributed by atoms with van der Waals surface area (Å²) in [6.45, 7) is 6.02. The van der Waals surface area contributed by atoms with Crippen LogP contribution in [0.1, 0.15) is 34.5 Å². The molecule has 2 aliphatic heterocycles. The van der Waals surface area contributed by atoms with E-state index in [4.69, 9.17) is 4.42 Å². The van der Waals surface area contributed by atoms with Gasteiger partial charge in [-0.05, 0) is 50.5 Å². The zero-order valence-corrected chi connectivity index (χ0v) is 17.1. The third-order valence-corrected chi connectivity index (χ3v) is 7.16. The second-order valence-electron chi connectivity index (χ2n) is 7.46. The van der Waals surface area contributed by atoms with Gasteiger partial charge < -0.3 is 19.5 Å². The zero-order valence-electron chi connectivity index (χ0n) is 16.2. The van der Waals surface area contributed by atoms with Crippen LogP contribution in [0.2, 0.25) is 0 Å². The van der Waals surface area contributed by atoms with Gasteiger partial charge in [-0.25, -0.2) is 4.79 Å². The molecule has 0 aliphatic carbocycles. The summed E-state index contributed by atoms with van der Waals surface area (Å²) in [5.74, 6) is 1.25. The highest BCUT2D eigenvalue weighted by Gasteiger charge is 2.47. The fraction of sp³-hybridized carbons (Fsp3) is 0.429. The smallest absolute Gasteiger partial charge is 0.321 e. The monoisotopic (exact) mass is 399 g/mol. The Morgan fingerprint density at radius 3 is 2.61 bits per heavy atom. The molecular weight excluding hydrogens is 374 g/mol. The Hall–Kier alpha value is -2.41. The van der Waals surface area contributed by atoms with Gasteiger partial charge in [0.2, 0.25) is 0 Å². The molecule has 2 saturated heterocycles. The lowest BCUT2D eigenvalue weighted by atomic mass is 10.0. The van der Waals surface area contributed by atoms with E-state index in [9.17, 15) is 9.59 Å². The normalized spacial score (nSPS) is 18.5. The van der Waals surface area contributed by atoms with E-state index in [1.165, 1.54) is 11.8 Å². The van der Waals surface area contributed by atoms with Crippen molar-refractivity contribution in [2.75, 3.05) is 30.7 Å². The topological polar surface area (TPSA) is 65.8 Å². The Morgan fingerprint density at radius 1 is 1.14 bits per heavy atom. The molecule has 1 aromatic heterocycles. The van der Waals surface area contributed by atoms with E-state index < -0.39 is 0 Å². The molecule has 2 aromatic rings. The maximum absolute atomic E-state index is 12.8. The van der Waals surface area contributed by atoms with E-state index in [1.807, 2.05) is 47.5 Å². The molecule has 1 aromatic carbocycles. The van der Waals surface area contributed by atoms with Crippen molar-refractivity contribution in [3.05, 3.63) is 53.5 Å². The Morgan fingerprint density at radius 2 is 1.93 bits per heavy atom. The number of rotatable bonds is 2. The van der Waals surface area contributed by atoms with Gasteiger partial charge in [-0.15, -0.1) is 11.8 Å². The number of carbonyl (C=O) groups excluding carboxylic acids is 2. The molecule has 2 aliphatic rings. The van der Waals surface area contributed by atoms with E-state index in [0.717, 1.165) is 36.4 Å². The molecule has 7 heteroatoms. The second kappa shape index (κ2) is 7.54. The van der Waals surface area contributed by atoms with Crippen molar-refractivity contribution in [1.82, 2.24) is 9.80 Å². The molecular formula is C21H25N3O3S. The number of urea groups is 1.